The predicted octanol–water partition coefficient (Wildman–Crippen LogP) is 0.999. The number of hydrogen-bond acceptors (Lipinski definition) is 7. The summed E-state index contributed by atoms with van der Waals surface area (Å²) in [6, 6.07) is 4.86. The summed E-state index contributed by atoms with van der Waals surface area (Å²) in [7, 11) is -0.663. The van der Waals surface area contributed by atoms with Crippen molar-refractivity contribution in [3.8, 4) is 0 Å². The van der Waals surface area contributed by atoms with E-state index in [0.717, 1.165) is 22.8 Å². The fourth-order valence-corrected chi connectivity index (χ4v) is 5.26. The summed E-state index contributed by atoms with van der Waals surface area (Å²) in [5.41, 5.74) is 1.19. The third-order valence-corrected chi connectivity index (χ3v) is 8.00. The van der Waals surface area contributed by atoms with E-state index in [9.17, 15) is 13.2 Å². The second-order valence-corrected chi connectivity index (χ2v) is 10.5. The van der Waals surface area contributed by atoms with Gasteiger partial charge in [0.05, 0.1) is 36.9 Å². The number of morpholine rings is 1. The first-order valence-corrected chi connectivity index (χ1v) is 12.2. The molecule has 0 aromatic heterocycles. The first-order valence-electron chi connectivity index (χ1n) is 10.8. The second kappa shape index (κ2) is 9.41. The average Bonchev–Trinajstić information content (AvgIpc) is 3.34. The molecule has 3 heterocycles. The number of carbonyl (C=O) groups excluding carboxylic acids is 1. The molecule has 3 aliphatic heterocycles. The van der Waals surface area contributed by atoms with Crippen LogP contribution in [0.2, 0.25) is 0 Å². The quantitative estimate of drug-likeness (QED) is 0.657. The number of sulfonamides is 1. The van der Waals surface area contributed by atoms with Gasteiger partial charge in [-0.3, -0.25) is 4.79 Å². The fourth-order valence-electron chi connectivity index (χ4n) is 4.33. The molecule has 31 heavy (non-hydrogen) atoms. The molecule has 0 bridgehead atoms. The van der Waals surface area contributed by atoms with Gasteiger partial charge in [0.2, 0.25) is 10.0 Å². The van der Waals surface area contributed by atoms with Crippen molar-refractivity contribution in [2.75, 3.05) is 71.6 Å². The highest BCUT2D eigenvalue weighted by Crippen LogP contribution is 2.30. The molecular weight excluding hydrogens is 422 g/mol. The molecule has 3 saturated heterocycles. The molecule has 1 aromatic carbocycles. The van der Waals surface area contributed by atoms with Crippen LogP contribution in [0.3, 0.4) is 0 Å². The molecule has 10 heteroatoms. The van der Waals surface area contributed by atoms with Crippen LogP contribution in [0.25, 0.3) is 0 Å². The van der Waals surface area contributed by atoms with Crippen LogP contribution in [0.15, 0.2) is 23.1 Å². The molecule has 3 aliphatic rings. The first kappa shape index (κ1) is 22.5. The van der Waals surface area contributed by atoms with Crippen molar-refractivity contribution in [3.05, 3.63) is 23.8 Å². The fraction of sp³-hybridized carbons (Fsp3) is 0.667. The van der Waals surface area contributed by atoms with Crippen molar-refractivity contribution in [3.63, 3.8) is 0 Å². The number of rotatable bonds is 5. The molecule has 0 spiro atoms. The van der Waals surface area contributed by atoms with Crippen LogP contribution in [0, 0.1) is 5.92 Å². The molecule has 1 aromatic rings. The zero-order chi connectivity index (χ0) is 22.0. The maximum atomic E-state index is 13.5. The van der Waals surface area contributed by atoms with E-state index in [4.69, 9.17) is 14.2 Å². The third kappa shape index (κ3) is 4.73. The van der Waals surface area contributed by atoms with Crippen LogP contribution in [0.1, 0.15) is 23.2 Å². The van der Waals surface area contributed by atoms with Crippen LogP contribution in [0.4, 0.5) is 5.69 Å². The van der Waals surface area contributed by atoms with Crippen LogP contribution in [-0.4, -0.2) is 96.5 Å². The minimum atomic E-state index is -3.64. The number of benzene rings is 1. The summed E-state index contributed by atoms with van der Waals surface area (Å²) >= 11 is 0. The molecule has 0 aliphatic carbocycles. The average molecular weight is 454 g/mol. The van der Waals surface area contributed by atoms with Crippen LogP contribution in [-0.2, 0) is 24.2 Å². The van der Waals surface area contributed by atoms with Gasteiger partial charge in [-0.1, -0.05) is 0 Å². The van der Waals surface area contributed by atoms with Crippen molar-refractivity contribution < 1.29 is 27.4 Å². The van der Waals surface area contributed by atoms with E-state index < -0.39 is 10.0 Å². The second-order valence-electron chi connectivity index (χ2n) is 8.31. The summed E-state index contributed by atoms with van der Waals surface area (Å²) in [6.45, 7) is 4.94. The normalized spacial score (nSPS) is 21.8. The Morgan fingerprint density at radius 3 is 2.26 bits per heavy atom. The molecule has 0 unspecified atom stereocenters. The Labute approximate surface area is 183 Å². The Morgan fingerprint density at radius 2 is 1.65 bits per heavy atom. The van der Waals surface area contributed by atoms with Crippen LogP contribution >= 0.6 is 0 Å². The van der Waals surface area contributed by atoms with Crippen molar-refractivity contribution in [1.82, 2.24) is 9.21 Å². The van der Waals surface area contributed by atoms with E-state index in [1.165, 1.54) is 20.2 Å². The van der Waals surface area contributed by atoms with Gasteiger partial charge >= 0.3 is 0 Å². The first-order chi connectivity index (χ1) is 14.9. The van der Waals surface area contributed by atoms with Gasteiger partial charge in [-0.25, -0.2) is 12.7 Å². The predicted molar refractivity (Wildman–Crippen MR) is 115 cm³/mol. The number of nitrogens with zero attached hydrogens (tertiary/aromatic N) is 3. The maximum Gasteiger partial charge on any atom is 0.256 e. The Morgan fingerprint density at radius 1 is 1.00 bits per heavy atom. The number of ether oxygens (including phenoxy) is 3. The van der Waals surface area contributed by atoms with E-state index in [0.29, 0.717) is 58.2 Å². The van der Waals surface area contributed by atoms with Crippen LogP contribution < -0.4 is 4.90 Å². The Kier molecular flexibility index (Phi) is 6.83. The lowest BCUT2D eigenvalue weighted by molar-refractivity contribution is -0.0956. The molecule has 3 fully saturated rings. The highest BCUT2D eigenvalue weighted by Gasteiger charge is 2.33. The van der Waals surface area contributed by atoms with E-state index in [1.807, 2.05) is 4.90 Å². The Bertz CT molecular complexity index is 886. The lowest BCUT2D eigenvalue weighted by atomic mass is 9.95. The molecule has 0 radical (unpaired) electrons. The molecule has 0 saturated carbocycles. The number of amides is 1. The van der Waals surface area contributed by atoms with Crippen molar-refractivity contribution in [1.29, 1.82) is 0 Å². The van der Waals surface area contributed by atoms with E-state index in [-0.39, 0.29) is 23.0 Å². The zero-order valence-electron chi connectivity index (χ0n) is 18.2. The number of carbonyl (C=O) groups is 1. The summed E-state index contributed by atoms with van der Waals surface area (Å²) < 4.78 is 43.3. The lowest BCUT2D eigenvalue weighted by Crippen LogP contribution is -2.43. The Balaban J connectivity index is 1.58. The molecule has 4 rings (SSSR count). The van der Waals surface area contributed by atoms with Gasteiger partial charge in [-0.15, -0.1) is 0 Å². The van der Waals surface area contributed by atoms with E-state index >= 15 is 0 Å². The monoisotopic (exact) mass is 453 g/mol. The largest absolute Gasteiger partial charge is 0.378 e. The van der Waals surface area contributed by atoms with Crippen molar-refractivity contribution >= 4 is 21.6 Å². The minimum Gasteiger partial charge on any atom is -0.378 e. The van der Waals surface area contributed by atoms with Gasteiger partial charge < -0.3 is 24.0 Å². The third-order valence-electron chi connectivity index (χ3n) is 6.19. The summed E-state index contributed by atoms with van der Waals surface area (Å²) in [4.78, 5) is 17.6. The van der Waals surface area contributed by atoms with Crippen LogP contribution in [0.5, 0.6) is 0 Å². The topological polar surface area (TPSA) is 88.6 Å². The maximum absolute atomic E-state index is 13.5. The highest BCUT2D eigenvalue weighted by molar-refractivity contribution is 7.89. The molecule has 1 amide bonds. The summed E-state index contributed by atoms with van der Waals surface area (Å²) in [6.07, 6.45) is 1.44. The van der Waals surface area contributed by atoms with Gasteiger partial charge in [0.25, 0.3) is 5.91 Å². The van der Waals surface area contributed by atoms with Gasteiger partial charge in [-0.05, 0) is 31.0 Å². The molecule has 9 nitrogen and oxygen atoms in total. The Hall–Kier alpha value is -1.72. The molecule has 172 valence electrons. The zero-order valence-corrected chi connectivity index (χ0v) is 19.0. The number of likely N-dealkylation sites (tertiary alicyclic amines) is 1. The summed E-state index contributed by atoms with van der Waals surface area (Å²) in [5.74, 6) is 0.148. The molecule has 0 atom stereocenters. The van der Waals surface area contributed by atoms with Gasteiger partial charge in [-0.2, -0.15) is 0 Å². The summed E-state index contributed by atoms with van der Waals surface area (Å²) in [5, 5.41) is 0. The minimum absolute atomic E-state index is 0.125. The van der Waals surface area contributed by atoms with Crippen molar-refractivity contribution in [2.24, 2.45) is 5.92 Å². The van der Waals surface area contributed by atoms with Crippen molar-refractivity contribution in [2.45, 2.75) is 24.0 Å². The van der Waals surface area contributed by atoms with Gasteiger partial charge in [0, 0.05) is 51.9 Å². The van der Waals surface area contributed by atoms with E-state index in [1.54, 1.807) is 12.1 Å². The molecule has 0 N–H and O–H groups in total. The van der Waals surface area contributed by atoms with Gasteiger partial charge in [0.15, 0.2) is 6.29 Å². The number of piperidine rings is 1. The number of hydrogen-bond donors (Lipinski definition) is 0. The SMILES string of the molecule is CN(C)S(=O)(=O)c1ccc(N2CCOCC2)c(C(=O)N2CCC(C3OCCO3)CC2)c1. The van der Waals surface area contributed by atoms with Gasteiger partial charge in [0.1, 0.15) is 0 Å². The highest BCUT2D eigenvalue weighted by atomic mass is 32.2. The number of anilines is 1. The lowest BCUT2D eigenvalue weighted by Gasteiger charge is -2.35. The standard InChI is InChI=1S/C21H31N3O6S/c1-22(2)31(26,27)17-3-4-19(23-9-11-28-12-10-23)18(15-17)20(25)24-7-5-16(6-8-24)21-29-13-14-30-21/h3-4,15-16,21H,5-14H2,1-2H3. The molecular formula is C21H31N3O6S. The van der Waals surface area contributed by atoms with E-state index in [2.05, 4.69) is 4.90 Å². The smallest absolute Gasteiger partial charge is 0.256 e.